The van der Waals surface area contributed by atoms with Crippen LogP contribution in [0.2, 0.25) is 0 Å². The molecule has 1 aromatic rings. The van der Waals surface area contributed by atoms with E-state index in [1.807, 2.05) is 0 Å². The molecule has 0 bridgehead atoms. The average Bonchev–Trinajstić information content (AvgIpc) is 3.01. The Hall–Kier alpha value is -0.920. The van der Waals surface area contributed by atoms with Crippen LogP contribution in [0.5, 0.6) is 0 Å². The predicted octanol–water partition coefficient (Wildman–Crippen LogP) is 1.33. The highest BCUT2D eigenvalue weighted by Gasteiger charge is 2.43. The van der Waals surface area contributed by atoms with E-state index < -0.39 is 15.6 Å². The first-order chi connectivity index (χ1) is 9.46. The number of nitrogens with two attached hydrogens (primary N) is 1. The molecule has 0 amide bonds. The second-order valence-corrected chi connectivity index (χ2v) is 7.61. The van der Waals surface area contributed by atoms with Gasteiger partial charge in [0, 0.05) is 19.1 Å². The highest BCUT2D eigenvalue weighted by molar-refractivity contribution is 7.89. The fraction of sp³-hybridized carbons (Fsp3) is 0.769. The zero-order valence-corrected chi connectivity index (χ0v) is 13.0. The lowest BCUT2D eigenvalue weighted by Gasteiger charge is -2.44. The van der Waals surface area contributed by atoms with E-state index in [2.05, 4.69) is 17.1 Å². The molecule has 3 N–H and O–H groups in total. The molecule has 0 atom stereocenters. The molecule has 0 saturated heterocycles. The molecule has 7 heteroatoms. The number of nitrogens with zero attached hydrogens (tertiary/aromatic N) is 2. The number of aromatic nitrogens is 2. The molecule has 2 rings (SSSR count). The average molecular weight is 300 g/mol. The Morgan fingerprint density at radius 3 is 2.60 bits per heavy atom. The van der Waals surface area contributed by atoms with Crippen LogP contribution in [0.3, 0.4) is 0 Å². The summed E-state index contributed by atoms with van der Waals surface area (Å²) in [6, 6.07) is 1.48. The third-order valence-electron chi connectivity index (χ3n) is 4.77. The summed E-state index contributed by atoms with van der Waals surface area (Å²) in [6.07, 6.45) is 6.33. The Bertz CT molecular complexity index is 519. The van der Waals surface area contributed by atoms with Crippen molar-refractivity contribution in [2.24, 2.45) is 11.7 Å². The zero-order chi connectivity index (χ0) is 14.8. The van der Waals surface area contributed by atoms with E-state index in [0.717, 1.165) is 32.1 Å². The van der Waals surface area contributed by atoms with E-state index in [9.17, 15) is 8.42 Å². The van der Waals surface area contributed by atoms with Gasteiger partial charge in [-0.15, -0.1) is 0 Å². The molecule has 1 aromatic heterocycles. The van der Waals surface area contributed by atoms with Crippen LogP contribution in [0.1, 0.15) is 39.0 Å². The van der Waals surface area contributed by atoms with Gasteiger partial charge in [0.2, 0.25) is 0 Å². The van der Waals surface area contributed by atoms with Crippen LogP contribution >= 0.6 is 0 Å². The van der Waals surface area contributed by atoms with Gasteiger partial charge in [-0.05, 0) is 37.7 Å². The fourth-order valence-corrected chi connectivity index (χ4v) is 4.52. The Morgan fingerprint density at radius 2 is 2.15 bits per heavy atom. The maximum atomic E-state index is 12.6. The highest BCUT2D eigenvalue weighted by Crippen LogP contribution is 2.38. The highest BCUT2D eigenvalue weighted by atomic mass is 32.2. The van der Waals surface area contributed by atoms with Crippen LogP contribution < -0.4 is 5.73 Å². The summed E-state index contributed by atoms with van der Waals surface area (Å²) in [5, 5.41) is 6.40. The quantitative estimate of drug-likeness (QED) is 0.858. The minimum Gasteiger partial charge on any atom is -0.329 e. The summed E-state index contributed by atoms with van der Waals surface area (Å²) >= 11 is 0. The summed E-state index contributed by atoms with van der Waals surface area (Å²) in [5.41, 5.74) is 5.48. The minimum atomic E-state index is -3.55. The number of hydrogen-bond acceptors (Lipinski definition) is 4. The largest absolute Gasteiger partial charge is 0.329 e. The van der Waals surface area contributed by atoms with Gasteiger partial charge in [-0.1, -0.05) is 13.3 Å². The second-order valence-electron chi connectivity index (χ2n) is 5.67. The molecule has 0 spiro atoms. The Kier molecular flexibility index (Phi) is 4.51. The second kappa shape index (κ2) is 5.83. The summed E-state index contributed by atoms with van der Waals surface area (Å²) < 4.78 is 26.7. The van der Waals surface area contributed by atoms with Gasteiger partial charge in [0.05, 0.1) is 6.20 Å². The van der Waals surface area contributed by atoms with E-state index in [-0.39, 0.29) is 5.03 Å². The van der Waals surface area contributed by atoms with Crippen molar-refractivity contribution in [1.82, 2.24) is 14.5 Å². The van der Waals surface area contributed by atoms with Gasteiger partial charge >= 0.3 is 0 Å². The van der Waals surface area contributed by atoms with Crippen molar-refractivity contribution < 1.29 is 8.42 Å². The van der Waals surface area contributed by atoms with Gasteiger partial charge in [0.25, 0.3) is 10.0 Å². The molecule has 1 fully saturated rings. The van der Waals surface area contributed by atoms with Crippen molar-refractivity contribution in [1.29, 1.82) is 0 Å². The maximum Gasteiger partial charge on any atom is 0.260 e. The van der Waals surface area contributed by atoms with Crippen LogP contribution in [0.25, 0.3) is 0 Å². The first kappa shape index (κ1) is 15.5. The first-order valence-electron chi connectivity index (χ1n) is 7.15. The molecule has 1 aliphatic rings. The summed E-state index contributed by atoms with van der Waals surface area (Å²) in [4.78, 5) is 0. The third-order valence-corrected chi connectivity index (χ3v) is 6.67. The van der Waals surface area contributed by atoms with Crippen molar-refractivity contribution >= 4 is 10.0 Å². The topological polar surface area (TPSA) is 92.1 Å². The van der Waals surface area contributed by atoms with Gasteiger partial charge in [0.1, 0.15) is 0 Å². The number of likely N-dealkylation sites (N-methyl/N-ethyl adjacent to an activating group) is 1. The molecule has 0 radical (unpaired) electrons. The van der Waals surface area contributed by atoms with Crippen molar-refractivity contribution in [3.63, 3.8) is 0 Å². The molecule has 0 aromatic carbocycles. The number of H-pyrrole nitrogens is 1. The van der Waals surface area contributed by atoms with E-state index >= 15 is 0 Å². The van der Waals surface area contributed by atoms with Gasteiger partial charge < -0.3 is 5.73 Å². The van der Waals surface area contributed by atoms with Crippen LogP contribution in [0, 0.1) is 5.92 Å². The molecule has 1 saturated carbocycles. The molecule has 0 aliphatic heterocycles. The van der Waals surface area contributed by atoms with Crippen LogP contribution in [-0.4, -0.2) is 42.1 Å². The molecule has 1 aliphatic carbocycles. The molecule has 0 unspecified atom stereocenters. The van der Waals surface area contributed by atoms with Crippen molar-refractivity contribution in [2.75, 3.05) is 13.6 Å². The molecule has 1 heterocycles. The van der Waals surface area contributed by atoms with Crippen LogP contribution in [0.4, 0.5) is 0 Å². The molecular weight excluding hydrogens is 276 g/mol. The number of hydrogen-bond donors (Lipinski definition) is 2. The number of aromatic amines is 1. The zero-order valence-electron chi connectivity index (χ0n) is 12.2. The third kappa shape index (κ3) is 2.62. The molecular formula is C13H24N4O2S. The van der Waals surface area contributed by atoms with E-state index in [1.54, 1.807) is 7.05 Å². The summed E-state index contributed by atoms with van der Waals surface area (Å²) in [6.45, 7) is 2.54. The van der Waals surface area contributed by atoms with Crippen molar-refractivity contribution in [2.45, 2.75) is 49.6 Å². The van der Waals surface area contributed by atoms with E-state index in [1.165, 1.54) is 16.6 Å². The van der Waals surface area contributed by atoms with Gasteiger partial charge in [0.15, 0.2) is 5.03 Å². The van der Waals surface area contributed by atoms with Gasteiger partial charge in [-0.25, -0.2) is 8.42 Å². The van der Waals surface area contributed by atoms with E-state index in [4.69, 9.17) is 5.73 Å². The predicted molar refractivity (Wildman–Crippen MR) is 77.6 cm³/mol. The smallest absolute Gasteiger partial charge is 0.260 e. The summed E-state index contributed by atoms with van der Waals surface area (Å²) in [7, 11) is -1.92. The Labute approximate surface area is 120 Å². The lowest BCUT2D eigenvalue weighted by atomic mass is 9.75. The minimum absolute atomic E-state index is 0.130. The van der Waals surface area contributed by atoms with Crippen molar-refractivity contribution in [3.8, 4) is 0 Å². The normalized spacial score (nSPS) is 27.9. The lowest BCUT2D eigenvalue weighted by Crippen LogP contribution is -2.56. The van der Waals surface area contributed by atoms with Crippen molar-refractivity contribution in [3.05, 3.63) is 12.3 Å². The maximum absolute atomic E-state index is 12.6. The number of sulfonamides is 1. The first-order valence-corrected chi connectivity index (χ1v) is 8.59. The standard InChI is InChI=1S/C13H24N4O2S/c1-3-11-4-7-13(10-14,8-5-11)17(2)20(18,19)12-6-9-15-16-12/h6,9,11H,3-5,7-8,10,14H2,1-2H3,(H,15,16). The SMILES string of the molecule is CCC1CCC(CN)(N(C)S(=O)(=O)c2ccn[nH]2)CC1. The Balaban J connectivity index is 2.24. The Morgan fingerprint density at radius 1 is 1.50 bits per heavy atom. The number of rotatable bonds is 5. The fourth-order valence-electron chi connectivity index (χ4n) is 3.06. The van der Waals surface area contributed by atoms with Gasteiger partial charge in [-0.2, -0.15) is 9.40 Å². The van der Waals surface area contributed by atoms with E-state index in [0.29, 0.717) is 12.5 Å². The lowest BCUT2D eigenvalue weighted by molar-refractivity contribution is 0.128. The molecule has 114 valence electrons. The van der Waals surface area contributed by atoms with Crippen LogP contribution in [-0.2, 0) is 10.0 Å². The summed E-state index contributed by atoms with van der Waals surface area (Å²) in [5.74, 6) is 0.693. The molecule has 6 nitrogen and oxygen atoms in total. The van der Waals surface area contributed by atoms with Gasteiger partial charge in [-0.3, -0.25) is 5.10 Å². The van der Waals surface area contributed by atoms with Crippen LogP contribution in [0.15, 0.2) is 17.3 Å². The molecule has 20 heavy (non-hydrogen) atoms. The monoisotopic (exact) mass is 300 g/mol. The number of nitrogens with one attached hydrogen (secondary N) is 1.